The number of para-hydroxylation sites is 1. The van der Waals surface area contributed by atoms with Gasteiger partial charge in [-0.2, -0.15) is 0 Å². The number of carbonyl (C=O) groups excluding carboxylic acids is 1. The second-order valence-electron chi connectivity index (χ2n) is 8.40. The molecule has 2 atom stereocenters. The van der Waals surface area contributed by atoms with Crippen LogP contribution in [0.4, 0.5) is 4.39 Å². The van der Waals surface area contributed by atoms with Crippen molar-refractivity contribution in [3.8, 4) is 11.5 Å². The summed E-state index contributed by atoms with van der Waals surface area (Å²) in [5, 5.41) is 1.97. The number of thioether (sulfide) groups is 1. The van der Waals surface area contributed by atoms with Gasteiger partial charge in [0, 0.05) is 4.90 Å². The zero-order valence-corrected chi connectivity index (χ0v) is 18.8. The first-order valence-corrected chi connectivity index (χ1v) is 11.4. The van der Waals surface area contributed by atoms with Gasteiger partial charge in [-0.1, -0.05) is 62.0 Å². The van der Waals surface area contributed by atoms with E-state index in [9.17, 15) is 9.18 Å². The quantitative estimate of drug-likeness (QED) is 0.269. The Kier molecular flexibility index (Phi) is 6.66. The molecule has 164 valence electrons. The van der Waals surface area contributed by atoms with Crippen molar-refractivity contribution >= 4 is 17.7 Å². The number of benzene rings is 3. The van der Waals surface area contributed by atoms with Gasteiger partial charge >= 0.3 is 5.97 Å². The summed E-state index contributed by atoms with van der Waals surface area (Å²) < 4.78 is 24.5. The molecule has 5 heteroatoms. The molecule has 0 aliphatic heterocycles. The molecule has 3 nitrogen and oxygen atoms in total. The molecular formula is C27H25FO3S. The molecule has 0 saturated heterocycles. The molecular weight excluding hydrogens is 423 g/mol. The van der Waals surface area contributed by atoms with Crippen LogP contribution in [0.3, 0.4) is 0 Å². The molecule has 4 rings (SSSR count). The summed E-state index contributed by atoms with van der Waals surface area (Å²) in [6.07, 6.45) is 2.05. The molecule has 1 saturated carbocycles. The van der Waals surface area contributed by atoms with Gasteiger partial charge in [0.2, 0.25) is 0 Å². The van der Waals surface area contributed by atoms with Crippen LogP contribution in [-0.2, 0) is 16.1 Å². The summed E-state index contributed by atoms with van der Waals surface area (Å²) in [5.74, 6) is 0.976. The number of ether oxygens (including phenoxy) is 2. The van der Waals surface area contributed by atoms with E-state index in [2.05, 4.69) is 13.8 Å². The highest BCUT2D eigenvalue weighted by atomic mass is 32.2. The molecule has 32 heavy (non-hydrogen) atoms. The van der Waals surface area contributed by atoms with Crippen LogP contribution < -0.4 is 4.74 Å². The van der Waals surface area contributed by atoms with Crippen molar-refractivity contribution in [3.05, 3.63) is 102 Å². The van der Waals surface area contributed by atoms with Crippen molar-refractivity contribution in [1.82, 2.24) is 0 Å². The van der Waals surface area contributed by atoms with Crippen molar-refractivity contribution in [2.45, 2.75) is 25.3 Å². The normalized spacial score (nSPS) is 19.0. The minimum atomic E-state index is -0.248. The molecule has 1 aliphatic rings. The van der Waals surface area contributed by atoms with E-state index in [1.165, 1.54) is 23.9 Å². The van der Waals surface area contributed by atoms with Gasteiger partial charge < -0.3 is 9.47 Å². The van der Waals surface area contributed by atoms with Crippen LogP contribution >= 0.6 is 11.8 Å². The summed E-state index contributed by atoms with van der Waals surface area (Å²) in [4.78, 5) is 13.7. The molecule has 0 bridgehead atoms. The van der Waals surface area contributed by atoms with Gasteiger partial charge in [-0.3, -0.25) is 4.79 Å². The fraction of sp³-hybridized carbons (Fsp3) is 0.222. The van der Waals surface area contributed by atoms with E-state index in [4.69, 9.17) is 9.47 Å². The Labute approximate surface area is 192 Å². The number of hydrogen-bond donors (Lipinski definition) is 0. The van der Waals surface area contributed by atoms with Gasteiger partial charge in [-0.15, -0.1) is 0 Å². The lowest BCUT2D eigenvalue weighted by atomic mass is 10.1. The maximum atomic E-state index is 13.0. The highest BCUT2D eigenvalue weighted by Gasteiger charge is 2.61. The van der Waals surface area contributed by atoms with Crippen molar-refractivity contribution in [2.24, 2.45) is 17.3 Å². The molecule has 0 N–H and O–H groups in total. The lowest BCUT2D eigenvalue weighted by Crippen LogP contribution is -2.10. The Balaban J connectivity index is 1.30. The molecule has 1 fully saturated rings. The predicted octanol–water partition coefficient (Wildman–Crippen LogP) is 7.24. The van der Waals surface area contributed by atoms with Crippen LogP contribution in [0.1, 0.15) is 19.4 Å². The number of allylic oxidation sites excluding steroid dienone is 1. The molecule has 0 heterocycles. The Morgan fingerprint density at radius 1 is 1.00 bits per heavy atom. The Morgan fingerprint density at radius 2 is 1.72 bits per heavy atom. The summed E-state index contributed by atoms with van der Waals surface area (Å²) in [6.45, 7) is 4.35. The smallest absolute Gasteiger partial charge is 0.310 e. The van der Waals surface area contributed by atoms with Gasteiger partial charge in [0.25, 0.3) is 0 Å². The molecule has 0 aromatic heterocycles. The van der Waals surface area contributed by atoms with Crippen LogP contribution in [0.2, 0.25) is 0 Å². The summed E-state index contributed by atoms with van der Waals surface area (Å²) >= 11 is 1.51. The predicted molar refractivity (Wildman–Crippen MR) is 125 cm³/mol. The molecule has 3 aromatic rings. The first kappa shape index (κ1) is 22.2. The van der Waals surface area contributed by atoms with Crippen LogP contribution in [0.5, 0.6) is 11.5 Å². The molecule has 0 amide bonds. The number of esters is 1. The van der Waals surface area contributed by atoms with Crippen molar-refractivity contribution in [3.63, 3.8) is 0 Å². The third kappa shape index (κ3) is 5.40. The Morgan fingerprint density at radius 3 is 2.47 bits per heavy atom. The second-order valence-corrected chi connectivity index (χ2v) is 9.37. The van der Waals surface area contributed by atoms with E-state index in [0.29, 0.717) is 5.75 Å². The fourth-order valence-electron chi connectivity index (χ4n) is 3.77. The van der Waals surface area contributed by atoms with Crippen LogP contribution in [0.15, 0.2) is 95.2 Å². The molecule has 3 aromatic carbocycles. The van der Waals surface area contributed by atoms with Crippen molar-refractivity contribution in [1.29, 1.82) is 0 Å². The summed E-state index contributed by atoms with van der Waals surface area (Å²) in [5.41, 5.74) is 0.735. The standard InChI is InChI=1S/C27H25FO3S/c1-27(2)24(15-16-32-23-13-11-20(28)12-14-23)25(27)26(29)30-18-19-7-6-10-22(17-19)31-21-8-4-3-5-9-21/h3-17,24-25H,18H2,1-2H3/b16-15+/t24-,25-/m0/s1. The van der Waals surface area contributed by atoms with Gasteiger partial charge in [-0.25, -0.2) is 4.39 Å². The average molecular weight is 449 g/mol. The average Bonchev–Trinajstić information content (AvgIpc) is 3.34. The lowest BCUT2D eigenvalue weighted by Gasteiger charge is -2.09. The fourth-order valence-corrected chi connectivity index (χ4v) is 4.47. The first-order valence-electron chi connectivity index (χ1n) is 10.5. The SMILES string of the molecule is CC1(C)[C@H](C(=O)OCc2cccc(Oc3ccccc3)c2)[C@@H]1/C=C/Sc1ccc(F)cc1. The van der Waals surface area contributed by atoms with E-state index in [0.717, 1.165) is 16.2 Å². The minimum Gasteiger partial charge on any atom is -0.461 e. The van der Waals surface area contributed by atoms with Gasteiger partial charge in [-0.05, 0) is 70.8 Å². The molecule has 1 aliphatic carbocycles. The second kappa shape index (κ2) is 9.61. The molecule has 0 spiro atoms. The van der Waals surface area contributed by atoms with Gasteiger partial charge in [0.15, 0.2) is 0 Å². The number of hydrogen-bond acceptors (Lipinski definition) is 4. The van der Waals surface area contributed by atoms with Gasteiger partial charge in [0.1, 0.15) is 23.9 Å². The third-order valence-corrected chi connectivity index (χ3v) is 6.56. The minimum absolute atomic E-state index is 0.121. The van der Waals surface area contributed by atoms with Crippen molar-refractivity contribution in [2.75, 3.05) is 0 Å². The highest BCUT2D eigenvalue weighted by molar-refractivity contribution is 8.02. The van der Waals surface area contributed by atoms with Crippen molar-refractivity contribution < 1.29 is 18.7 Å². The van der Waals surface area contributed by atoms with E-state index in [1.807, 2.05) is 66.1 Å². The van der Waals surface area contributed by atoms with E-state index in [-0.39, 0.29) is 35.6 Å². The highest BCUT2D eigenvalue weighted by Crippen LogP contribution is 2.59. The van der Waals surface area contributed by atoms with E-state index in [1.54, 1.807) is 12.1 Å². The van der Waals surface area contributed by atoms with Crippen LogP contribution in [0, 0.1) is 23.1 Å². The third-order valence-electron chi connectivity index (χ3n) is 5.73. The Bertz CT molecular complexity index is 1090. The number of carbonyl (C=O) groups is 1. The lowest BCUT2D eigenvalue weighted by molar-refractivity contribution is -0.147. The summed E-state index contributed by atoms with van der Waals surface area (Å²) in [7, 11) is 0. The topological polar surface area (TPSA) is 35.5 Å². The van der Waals surface area contributed by atoms with E-state index >= 15 is 0 Å². The Hall–Kier alpha value is -3.05. The number of rotatable bonds is 8. The monoisotopic (exact) mass is 448 g/mol. The van der Waals surface area contributed by atoms with Gasteiger partial charge in [0.05, 0.1) is 5.92 Å². The largest absolute Gasteiger partial charge is 0.461 e. The maximum Gasteiger partial charge on any atom is 0.310 e. The molecule has 0 radical (unpaired) electrons. The zero-order chi connectivity index (χ0) is 22.6. The first-order chi connectivity index (χ1) is 15.4. The van der Waals surface area contributed by atoms with Crippen LogP contribution in [0.25, 0.3) is 0 Å². The van der Waals surface area contributed by atoms with Crippen LogP contribution in [-0.4, -0.2) is 5.97 Å². The maximum absolute atomic E-state index is 13.0. The summed E-state index contributed by atoms with van der Waals surface area (Å²) in [6, 6.07) is 23.5. The number of halogens is 1. The van der Waals surface area contributed by atoms with E-state index < -0.39 is 0 Å². The molecule has 0 unspecified atom stereocenters. The zero-order valence-electron chi connectivity index (χ0n) is 18.0.